The van der Waals surface area contributed by atoms with Gasteiger partial charge < -0.3 is 19.3 Å². The first-order chi connectivity index (χ1) is 14.3. The summed E-state index contributed by atoms with van der Waals surface area (Å²) in [4.78, 5) is 28.4. The summed E-state index contributed by atoms with van der Waals surface area (Å²) in [6, 6.07) is 11.4. The molecule has 2 aliphatic rings. The molecule has 1 atom stereocenters. The first-order valence-electron chi connectivity index (χ1n) is 9.47. The summed E-state index contributed by atoms with van der Waals surface area (Å²) < 4.78 is 50.0. The molecule has 1 saturated heterocycles. The number of para-hydroxylation sites is 2. The zero-order valence-corrected chi connectivity index (χ0v) is 15.9. The minimum absolute atomic E-state index is 0.0229. The van der Waals surface area contributed by atoms with Crippen LogP contribution < -0.4 is 9.47 Å². The Morgan fingerprint density at radius 3 is 2.27 bits per heavy atom. The molecular formula is C21H19F3N2O4. The fourth-order valence-corrected chi connectivity index (χ4v) is 3.49. The number of ether oxygens (including phenoxy) is 2. The number of rotatable bonds is 2. The van der Waals surface area contributed by atoms with Crippen LogP contribution in [-0.2, 0) is 11.0 Å². The highest BCUT2D eigenvalue weighted by Crippen LogP contribution is 2.32. The van der Waals surface area contributed by atoms with E-state index in [0.717, 1.165) is 12.1 Å². The number of fused-ring (bicyclic) bond motifs is 1. The van der Waals surface area contributed by atoms with Crippen LogP contribution in [0, 0.1) is 0 Å². The van der Waals surface area contributed by atoms with E-state index < -0.39 is 23.8 Å². The highest BCUT2D eigenvalue weighted by atomic mass is 19.4. The quantitative estimate of drug-likeness (QED) is 0.750. The molecule has 2 amide bonds. The molecule has 1 fully saturated rings. The van der Waals surface area contributed by atoms with E-state index in [1.54, 1.807) is 23.1 Å². The number of halogens is 3. The van der Waals surface area contributed by atoms with Crippen LogP contribution in [0.3, 0.4) is 0 Å². The van der Waals surface area contributed by atoms with Crippen LogP contribution in [0.25, 0.3) is 0 Å². The van der Waals surface area contributed by atoms with Crippen molar-refractivity contribution < 1.29 is 32.2 Å². The third-order valence-electron chi connectivity index (χ3n) is 5.10. The molecule has 2 aromatic rings. The van der Waals surface area contributed by atoms with E-state index >= 15 is 0 Å². The zero-order chi connectivity index (χ0) is 21.3. The van der Waals surface area contributed by atoms with E-state index in [9.17, 15) is 22.8 Å². The van der Waals surface area contributed by atoms with Crippen molar-refractivity contribution in [3.05, 3.63) is 59.7 Å². The molecule has 0 N–H and O–H groups in total. The second-order valence-electron chi connectivity index (χ2n) is 7.06. The van der Waals surface area contributed by atoms with Gasteiger partial charge in [-0.05, 0) is 30.3 Å². The van der Waals surface area contributed by atoms with Crippen molar-refractivity contribution in [2.75, 3.05) is 32.8 Å². The molecule has 0 bridgehead atoms. The van der Waals surface area contributed by atoms with Gasteiger partial charge in [0, 0.05) is 31.7 Å². The van der Waals surface area contributed by atoms with Crippen LogP contribution in [0.2, 0.25) is 0 Å². The molecule has 0 saturated carbocycles. The molecule has 0 aromatic heterocycles. The number of hydrogen-bond donors (Lipinski definition) is 0. The topological polar surface area (TPSA) is 59.1 Å². The normalized spacial score (nSPS) is 18.8. The average molecular weight is 420 g/mol. The summed E-state index contributed by atoms with van der Waals surface area (Å²) in [5.41, 5.74) is -0.887. The highest BCUT2D eigenvalue weighted by molar-refractivity contribution is 5.94. The lowest BCUT2D eigenvalue weighted by molar-refractivity contribution is -0.142. The van der Waals surface area contributed by atoms with Crippen molar-refractivity contribution in [2.45, 2.75) is 12.3 Å². The first-order valence-corrected chi connectivity index (χ1v) is 9.47. The fraction of sp³-hybridized carbons (Fsp3) is 0.333. The number of alkyl halides is 3. The minimum atomic E-state index is -4.51. The van der Waals surface area contributed by atoms with Gasteiger partial charge >= 0.3 is 6.18 Å². The molecule has 9 heteroatoms. The maximum absolute atomic E-state index is 12.9. The third kappa shape index (κ3) is 4.05. The predicted octanol–water partition coefficient (Wildman–Crippen LogP) is 2.83. The van der Waals surface area contributed by atoms with E-state index in [1.165, 1.54) is 17.0 Å². The highest BCUT2D eigenvalue weighted by Gasteiger charge is 2.34. The Hall–Kier alpha value is -3.23. The second kappa shape index (κ2) is 7.89. The largest absolute Gasteiger partial charge is 0.485 e. The smallest absolute Gasteiger partial charge is 0.416 e. The lowest BCUT2D eigenvalue weighted by Gasteiger charge is -2.37. The molecule has 0 aliphatic carbocycles. The van der Waals surface area contributed by atoms with Crippen molar-refractivity contribution in [3.8, 4) is 11.5 Å². The number of piperazine rings is 1. The lowest BCUT2D eigenvalue weighted by Crippen LogP contribution is -2.55. The molecule has 0 spiro atoms. The van der Waals surface area contributed by atoms with Crippen LogP contribution in [-0.4, -0.2) is 60.5 Å². The standard InChI is InChI=1S/C21H19F3N2O4/c22-21(23,24)15-5-3-4-14(12-15)19(27)25-8-10-26(11-9-25)20(28)18-13-29-16-6-1-2-7-17(16)30-18/h1-7,12,18H,8-11,13H2. The van der Waals surface area contributed by atoms with Gasteiger partial charge in [-0.2, -0.15) is 13.2 Å². The molecule has 6 nitrogen and oxygen atoms in total. The Bertz CT molecular complexity index is 955. The maximum atomic E-state index is 12.9. The van der Waals surface area contributed by atoms with Crippen molar-refractivity contribution in [1.29, 1.82) is 0 Å². The monoisotopic (exact) mass is 420 g/mol. The summed E-state index contributed by atoms with van der Waals surface area (Å²) in [7, 11) is 0. The minimum Gasteiger partial charge on any atom is -0.485 e. The fourth-order valence-electron chi connectivity index (χ4n) is 3.49. The van der Waals surface area contributed by atoms with Gasteiger partial charge in [-0.25, -0.2) is 0 Å². The Balaban J connectivity index is 1.36. The Morgan fingerprint density at radius 1 is 0.900 bits per heavy atom. The molecule has 2 heterocycles. The van der Waals surface area contributed by atoms with Gasteiger partial charge in [-0.15, -0.1) is 0 Å². The molecule has 0 radical (unpaired) electrons. The van der Waals surface area contributed by atoms with Gasteiger partial charge in [-0.1, -0.05) is 18.2 Å². The van der Waals surface area contributed by atoms with E-state index in [1.807, 2.05) is 6.07 Å². The van der Waals surface area contributed by atoms with Crippen molar-refractivity contribution >= 4 is 11.8 Å². The van der Waals surface area contributed by atoms with E-state index in [0.29, 0.717) is 11.5 Å². The van der Waals surface area contributed by atoms with E-state index in [2.05, 4.69) is 0 Å². The Kier molecular flexibility index (Phi) is 5.27. The summed E-state index contributed by atoms with van der Waals surface area (Å²) in [6.07, 6.45) is -5.28. The van der Waals surface area contributed by atoms with Crippen LogP contribution in [0.4, 0.5) is 13.2 Å². The lowest BCUT2D eigenvalue weighted by atomic mass is 10.1. The number of benzene rings is 2. The molecule has 4 rings (SSSR count). The maximum Gasteiger partial charge on any atom is 0.416 e. The van der Waals surface area contributed by atoms with E-state index in [4.69, 9.17) is 9.47 Å². The third-order valence-corrected chi connectivity index (χ3v) is 5.10. The second-order valence-corrected chi connectivity index (χ2v) is 7.06. The molecular weight excluding hydrogens is 401 g/mol. The van der Waals surface area contributed by atoms with Gasteiger partial charge in [0.1, 0.15) is 6.61 Å². The summed E-state index contributed by atoms with van der Waals surface area (Å²) in [5, 5.41) is 0. The molecule has 158 valence electrons. The number of carbonyl (C=O) groups is 2. The van der Waals surface area contributed by atoms with Crippen molar-refractivity contribution in [2.24, 2.45) is 0 Å². The van der Waals surface area contributed by atoms with Gasteiger partial charge in [0.25, 0.3) is 11.8 Å². The van der Waals surface area contributed by atoms with Gasteiger partial charge in [-0.3, -0.25) is 9.59 Å². The van der Waals surface area contributed by atoms with Crippen LogP contribution in [0.1, 0.15) is 15.9 Å². The Labute approximate surface area is 170 Å². The SMILES string of the molecule is O=C(c1cccc(C(F)(F)F)c1)N1CCN(C(=O)C2COc3ccccc3O2)CC1. The molecule has 1 unspecified atom stereocenters. The summed E-state index contributed by atoms with van der Waals surface area (Å²) in [5.74, 6) is 0.355. The van der Waals surface area contributed by atoms with Crippen molar-refractivity contribution in [3.63, 3.8) is 0 Å². The van der Waals surface area contributed by atoms with E-state index in [-0.39, 0.29) is 44.3 Å². The molecule has 2 aromatic carbocycles. The Morgan fingerprint density at radius 2 is 1.57 bits per heavy atom. The van der Waals surface area contributed by atoms with Gasteiger partial charge in [0.15, 0.2) is 11.5 Å². The van der Waals surface area contributed by atoms with Crippen molar-refractivity contribution in [1.82, 2.24) is 9.80 Å². The number of nitrogens with zero attached hydrogens (tertiary/aromatic N) is 2. The predicted molar refractivity (Wildman–Crippen MR) is 100 cm³/mol. The summed E-state index contributed by atoms with van der Waals surface area (Å²) in [6.45, 7) is 1.09. The number of amides is 2. The number of carbonyl (C=O) groups excluding carboxylic acids is 2. The van der Waals surface area contributed by atoms with Gasteiger partial charge in [0.2, 0.25) is 6.10 Å². The zero-order valence-electron chi connectivity index (χ0n) is 15.9. The van der Waals surface area contributed by atoms with Gasteiger partial charge in [0.05, 0.1) is 5.56 Å². The summed E-state index contributed by atoms with van der Waals surface area (Å²) >= 11 is 0. The van der Waals surface area contributed by atoms with Crippen LogP contribution in [0.5, 0.6) is 11.5 Å². The average Bonchev–Trinajstić information content (AvgIpc) is 2.77. The molecule has 2 aliphatic heterocycles. The molecule has 30 heavy (non-hydrogen) atoms. The number of hydrogen-bond acceptors (Lipinski definition) is 4. The van der Waals surface area contributed by atoms with Crippen LogP contribution >= 0.6 is 0 Å². The first kappa shape index (κ1) is 20.1. The van der Waals surface area contributed by atoms with Crippen LogP contribution in [0.15, 0.2) is 48.5 Å².